The normalized spacial score (nSPS) is 13.2. The third kappa shape index (κ3) is 10.8. The van der Waals surface area contributed by atoms with Gasteiger partial charge in [-0.05, 0) is 143 Å². The lowest BCUT2D eigenvalue weighted by Gasteiger charge is -2.31. The third-order valence-electron chi connectivity index (χ3n) is 16.7. The van der Waals surface area contributed by atoms with Gasteiger partial charge in [0.1, 0.15) is 28.7 Å². The molecule has 0 aliphatic carbocycles. The van der Waals surface area contributed by atoms with Crippen molar-refractivity contribution in [2.75, 3.05) is 4.90 Å². The quantitative estimate of drug-likeness (QED) is 0.149. The molecule has 0 fully saturated rings. The molecule has 7 aromatic carbocycles. The van der Waals surface area contributed by atoms with Crippen LogP contribution >= 0.6 is 0 Å². The van der Waals surface area contributed by atoms with E-state index >= 15 is 0 Å². The van der Waals surface area contributed by atoms with Gasteiger partial charge in [0, 0.05) is 52.8 Å². The smallest absolute Gasteiger partial charge is 0.255 e. The van der Waals surface area contributed by atoms with Crippen molar-refractivity contribution in [1.29, 1.82) is 0 Å². The maximum Gasteiger partial charge on any atom is 0.255 e. The molecule has 0 radical (unpaired) electrons. The average molecular weight is 1100 g/mol. The molecular weight excluding hydrogens is 1010 g/mol. The molecule has 0 saturated heterocycles. The fraction of sp³-hybridized carbons (Fsp3) is 0.312. The third-order valence-corrected chi connectivity index (χ3v) is 16.7. The molecule has 3 aromatic heterocycles. The second-order valence-corrected chi connectivity index (χ2v) is 29.2. The van der Waals surface area contributed by atoms with Crippen LogP contribution in [-0.4, -0.2) is 14.5 Å². The number of benzene rings is 7. The van der Waals surface area contributed by atoms with E-state index in [1.807, 2.05) is 18.6 Å². The van der Waals surface area contributed by atoms with Gasteiger partial charge in [0.25, 0.3) is 6.33 Å². The van der Waals surface area contributed by atoms with E-state index in [9.17, 15) is 0 Å². The number of aromatic nitrogens is 4. The zero-order chi connectivity index (χ0) is 59.3. The van der Waals surface area contributed by atoms with Gasteiger partial charge in [-0.25, -0.2) is 4.98 Å². The van der Waals surface area contributed by atoms with Gasteiger partial charge in [0.2, 0.25) is 0 Å². The highest BCUT2D eigenvalue weighted by atomic mass is 16.5. The van der Waals surface area contributed by atoms with Crippen LogP contribution in [0.1, 0.15) is 158 Å². The molecular formula is C77H84N5O+. The number of fused-ring (bicyclic) bond motifs is 6. The van der Waals surface area contributed by atoms with E-state index in [-0.39, 0.29) is 32.5 Å². The molecule has 0 spiro atoms. The summed E-state index contributed by atoms with van der Waals surface area (Å²) in [6.07, 6.45) is 8.16. The van der Waals surface area contributed by atoms with E-state index in [0.29, 0.717) is 5.75 Å². The van der Waals surface area contributed by atoms with E-state index in [2.05, 4.69) is 303 Å². The number of hydrogen-bond donors (Lipinski definition) is 0. The van der Waals surface area contributed by atoms with Crippen LogP contribution in [0, 0.1) is 0 Å². The molecule has 0 bridgehead atoms. The summed E-state index contributed by atoms with van der Waals surface area (Å²) in [5.74, 6) is 2.29. The SMILES string of the molecule is CC(C)(C)c1ccnc(N2c3ccccc3-c3ccccc3-c3ccc(Oc4cccc(-n5c[n+](-c6c(-c7cc(C(C)(C)C)ccc7C(C)(C)C)cc(C(C)(C)C)cc6-c6cc(C(C)(C)C)ccc6C(C)(C)C)c6ccncc65)c4)cc32)c1. The van der Waals surface area contributed by atoms with Crippen molar-refractivity contribution in [3.8, 4) is 67.4 Å². The van der Waals surface area contributed by atoms with Crippen LogP contribution < -0.4 is 14.2 Å². The van der Waals surface area contributed by atoms with Crippen LogP contribution in [0.2, 0.25) is 0 Å². The molecule has 1 aliphatic rings. The molecule has 0 amide bonds. The van der Waals surface area contributed by atoms with Crippen molar-refractivity contribution >= 4 is 28.2 Å². The van der Waals surface area contributed by atoms with Crippen LogP contribution in [0.15, 0.2) is 183 Å². The minimum atomic E-state index is -0.170. The van der Waals surface area contributed by atoms with Crippen LogP contribution in [0.5, 0.6) is 11.5 Å². The number of rotatable bonds is 7. The van der Waals surface area contributed by atoms with Gasteiger partial charge in [-0.3, -0.25) is 9.88 Å². The van der Waals surface area contributed by atoms with Crippen molar-refractivity contribution in [3.05, 3.63) is 216 Å². The predicted molar refractivity (Wildman–Crippen MR) is 349 cm³/mol. The predicted octanol–water partition coefficient (Wildman–Crippen LogP) is 20.7. The molecule has 422 valence electrons. The first-order chi connectivity index (χ1) is 38.9. The Morgan fingerprint density at radius 3 is 1.47 bits per heavy atom. The number of nitrogens with zero attached hydrogens (tertiary/aromatic N) is 5. The highest BCUT2D eigenvalue weighted by molar-refractivity contribution is 6.02. The number of para-hydroxylation sites is 1. The van der Waals surface area contributed by atoms with Gasteiger partial charge in [-0.2, -0.15) is 9.13 Å². The summed E-state index contributed by atoms with van der Waals surface area (Å²) < 4.78 is 11.8. The van der Waals surface area contributed by atoms with Gasteiger partial charge in [0.15, 0.2) is 11.0 Å². The number of imidazole rings is 1. The maximum absolute atomic E-state index is 7.07. The van der Waals surface area contributed by atoms with Gasteiger partial charge >= 0.3 is 0 Å². The summed E-state index contributed by atoms with van der Waals surface area (Å²) in [5, 5.41) is 0. The lowest BCUT2D eigenvalue weighted by Crippen LogP contribution is -2.32. The molecule has 10 aromatic rings. The molecule has 1 aliphatic heterocycles. The van der Waals surface area contributed by atoms with Crippen molar-refractivity contribution in [3.63, 3.8) is 0 Å². The molecule has 0 saturated carbocycles. The number of ether oxygens (including phenoxy) is 1. The number of anilines is 3. The Hall–Kier alpha value is -8.09. The van der Waals surface area contributed by atoms with Crippen molar-refractivity contribution in [2.24, 2.45) is 0 Å². The van der Waals surface area contributed by atoms with E-state index in [4.69, 9.17) is 14.7 Å². The Morgan fingerprint density at radius 1 is 0.386 bits per heavy atom. The largest absolute Gasteiger partial charge is 0.457 e. The first kappa shape index (κ1) is 56.8. The summed E-state index contributed by atoms with van der Waals surface area (Å²) in [6, 6.07) is 58.4. The lowest BCUT2D eigenvalue weighted by atomic mass is 9.74. The molecule has 0 atom stereocenters. The van der Waals surface area contributed by atoms with E-state index < -0.39 is 0 Å². The second kappa shape index (κ2) is 20.4. The second-order valence-electron chi connectivity index (χ2n) is 29.2. The van der Waals surface area contributed by atoms with Gasteiger partial charge < -0.3 is 4.74 Å². The Labute approximate surface area is 494 Å². The molecule has 0 N–H and O–H groups in total. The van der Waals surface area contributed by atoms with E-state index in [0.717, 1.165) is 62.0 Å². The molecule has 4 heterocycles. The highest BCUT2D eigenvalue weighted by Gasteiger charge is 2.35. The highest BCUT2D eigenvalue weighted by Crippen LogP contribution is 2.52. The zero-order valence-electron chi connectivity index (χ0n) is 52.5. The Balaban J connectivity index is 1.13. The average Bonchev–Trinajstić information content (AvgIpc) is 2.60. The topological polar surface area (TPSA) is 47.1 Å². The summed E-state index contributed by atoms with van der Waals surface area (Å²) in [5.41, 5.74) is 22.6. The Bertz CT molecular complexity index is 4030. The maximum atomic E-state index is 7.07. The first-order valence-electron chi connectivity index (χ1n) is 29.7. The molecule has 83 heavy (non-hydrogen) atoms. The van der Waals surface area contributed by atoms with Crippen molar-refractivity contribution < 1.29 is 9.30 Å². The number of pyridine rings is 2. The van der Waals surface area contributed by atoms with Gasteiger partial charge in [0.05, 0.1) is 17.6 Å². The van der Waals surface area contributed by atoms with Gasteiger partial charge in [-0.15, -0.1) is 0 Å². The fourth-order valence-electron chi connectivity index (χ4n) is 12.0. The van der Waals surface area contributed by atoms with Crippen LogP contribution in [0.3, 0.4) is 0 Å². The summed E-state index contributed by atoms with van der Waals surface area (Å²) in [7, 11) is 0. The van der Waals surface area contributed by atoms with Crippen LogP contribution in [0.4, 0.5) is 17.2 Å². The fourth-order valence-corrected chi connectivity index (χ4v) is 12.0. The minimum absolute atomic E-state index is 0.0751. The number of hydrogen-bond acceptors (Lipinski definition) is 4. The van der Waals surface area contributed by atoms with E-state index in [1.54, 1.807) is 0 Å². The molecule has 11 rings (SSSR count). The van der Waals surface area contributed by atoms with Crippen LogP contribution in [0.25, 0.3) is 66.9 Å². The first-order valence-corrected chi connectivity index (χ1v) is 29.7. The standard InChI is InChI=1S/C77H84N5O/c1-72(2,3)49-30-34-64(76(13,14)15)60(40-49)62-42-52(75(10,11)12)43-63(61-41-50(73(4,5)6)31-35-65(61)77(16,17)18)71(62)81-48-80(69-47-78-38-37-67(69)81)53-24-23-25-54(45-53)83-55-32-33-59-57-27-20-19-26-56(57)58-28-21-22-29-66(58)82(68(59)46-55)70-44-51(36-39-79-70)74(7,8)9/h19-48H,1-18H3/q+1. The van der Waals surface area contributed by atoms with Gasteiger partial charge in [-0.1, -0.05) is 210 Å². The van der Waals surface area contributed by atoms with Crippen LogP contribution in [-0.2, 0) is 32.5 Å². The Kier molecular flexibility index (Phi) is 13.9. The monoisotopic (exact) mass is 1090 g/mol. The van der Waals surface area contributed by atoms with Crippen molar-refractivity contribution in [1.82, 2.24) is 14.5 Å². The van der Waals surface area contributed by atoms with Crippen molar-refractivity contribution in [2.45, 2.75) is 157 Å². The Morgan fingerprint density at radius 2 is 0.904 bits per heavy atom. The molecule has 6 heteroatoms. The zero-order valence-corrected chi connectivity index (χ0v) is 52.5. The summed E-state index contributed by atoms with van der Waals surface area (Å²) >= 11 is 0. The summed E-state index contributed by atoms with van der Waals surface area (Å²) in [6.45, 7) is 41.9. The molecule has 6 nitrogen and oxygen atoms in total. The summed E-state index contributed by atoms with van der Waals surface area (Å²) in [4.78, 5) is 12.2. The lowest BCUT2D eigenvalue weighted by molar-refractivity contribution is -0.566. The minimum Gasteiger partial charge on any atom is -0.457 e. The van der Waals surface area contributed by atoms with E-state index in [1.165, 1.54) is 61.2 Å². The molecule has 0 unspecified atom stereocenters.